The second kappa shape index (κ2) is 5.83. The van der Waals surface area contributed by atoms with Crippen molar-refractivity contribution in [1.82, 2.24) is 5.32 Å². The number of rotatable bonds is 6. The highest BCUT2D eigenvalue weighted by Crippen LogP contribution is 2.28. The Balaban J connectivity index is 2.05. The number of nitrogens with one attached hydrogen (secondary N) is 1. The van der Waals surface area contributed by atoms with Gasteiger partial charge in [0, 0.05) is 12.5 Å². The number of anilines is 1. The molecule has 0 bridgehead atoms. The fourth-order valence-corrected chi connectivity index (χ4v) is 3.06. The normalized spacial score (nSPS) is 14.9. The zero-order chi connectivity index (χ0) is 14.8. The van der Waals surface area contributed by atoms with Crippen LogP contribution in [0, 0.1) is 12.8 Å². The maximum absolute atomic E-state index is 11.9. The molecular weight excluding hydrogens is 276 g/mol. The minimum atomic E-state index is -3.36. The zero-order valence-corrected chi connectivity index (χ0v) is 12.6. The van der Waals surface area contributed by atoms with Gasteiger partial charge in [-0.15, -0.1) is 0 Å². The van der Waals surface area contributed by atoms with Crippen LogP contribution in [0.25, 0.3) is 0 Å². The summed E-state index contributed by atoms with van der Waals surface area (Å²) in [4.78, 5) is 11.6. The summed E-state index contributed by atoms with van der Waals surface area (Å²) in [5, 5.41) is 2.79. The van der Waals surface area contributed by atoms with Gasteiger partial charge in [0.05, 0.1) is 18.5 Å². The predicted molar refractivity (Wildman–Crippen MR) is 79.1 cm³/mol. The Morgan fingerprint density at radius 3 is 2.55 bits per heavy atom. The number of sulfonamides is 1. The second-order valence-electron chi connectivity index (χ2n) is 5.19. The van der Waals surface area contributed by atoms with Crippen molar-refractivity contribution in [2.75, 3.05) is 23.7 Å². The lowest BCUT2D eigenvalue weighted by Gasteiger charge is -2.24. The van der Waals surface area contributed by atoms with E-state index in [0.717, 1.165) is 18.4 Å². The molecule has 110 valence electrons. The van der Waals surface area contributed by atoms with Crippen LogP contribution in [-0.2, 0) is 14.8 Å². The number of para-hydroxylation sites is 1. The number of hydrogen-bond acceptors (Lipinski definition) is 3. The second-order valence-corrected chi connectivity index (χ2v) is 7.09. The highest BCUT2D eigenvalue weighted by Gasteiger charge is 2.29. The molecule has 1 amide bonds. The molecule has 1 aromatic carbocycles. The monoisotopic (exact) mass is 296 g/mol. The fourth-order valence-electron chi connectivity index (χ4n) is 2.08. The van der Waals surface area contributed by atoms with Gasteiger partial charge >= 0.3 is 0 Å². The first kappa shape index (κ1) is 14.8. The van der Waals surface area contributed by atoms with Crippen molar-refractivity contribution in [3.05, 3.63) is 29.8 Å². The highest BCUT2D eigenvalue weighted by atomic mass is 32.2. The van der Waals surface area contributed by atoms with Crippen LogP contribution < -0.4 is 9.62 Å². The van der Waals surface area contributed by atoms with E-state index in [-0.39, 0.29) is 18.4 Å². The van der Waals surface area contributed by atoms with E-state index in [1.54, 1.807) is 6.07 Å². The molecule has 0 atom stereocenters. The Morgan fingerprint density at radius 1 is 1.35 bits per heavy atom. The molecular formula is C14H20N2O3S. The van der Waals surface area contributed by atoms with E-state index in [1.165, 1.54) is 10.6 Å². The van der Waals surface area contributed by atoms with Gasteiger partial charge in [-0.1, -0.05) is 18.2 Å². The molecule has 0 saturated heterocycles. The summed E-state index contributed by atoms with van der Waals surface area (Å²) >= 11 is 0. The van der Waals surface area contributed by atoms with E-state index in [1.807, 2.05) is 25.1 Å². The molecule has 0 aliphatic heterocycles. The zero-order valence-electron chi connectivity index (χ0n) is 11.8. The van der Waals surface area contributed by atoms with E-state index in [9.17, 15) is 13.2 Å². The Labute approximate surface area is 120 Å². The standard InChI is InChI=1S/C14H20N2O3S/c1-11-5-3-4-6-13(11)16(20(2,18)19)10-9-15-14(17)12-7-8-12/h3-6,12H,7-10H2,1-2H3,(H,15,17). The quantitative estimate of drug-likeness (QED) is 0.860. The van der Waals surface area contributed by atoms with Crippen molar-refractivity contribution in [2.45, 2.75) is 19.8 Å². The van der Waals surface area contributed by atoms with E-state index in [0.29, 0.717) is 12.2 Å². The third-order valence-electron chi connectivity index (χ3n) is 3.35. The third-order valence-corrected chi connectivity index (χ3v) is 4.53. The van der Waals surface area contributed by atoms with Crippen LogP contribution in [0.2, 0.25) is 0 Å². The largest absolute Gasteiger partial charge is 0.354 e. The van der Waals surface area contributed by atoms with Gasteiger partial charge in [-0.3, -0.25) is 9.10 Å². The van der Waals surface area contributed by atoms with Crippen LogP contribution in [0.5, 0.6) is 0 Å². The molecule has 1 aliphatic carbocycles. The SMILES string of the molecule is Cc1ccccc1N(CCNC(=O)C1CC1)S(C)(=O)=O. The van der Waals surface area contributed by atoms with Crippen molar-refractivity contribution >= 4 is 21.6 Å². The Kier molecular flexibility index (Phi) is 4.32. The molecule has 1 aromatic rings. The summed E-state index contributed by atoms with van der Waals surface area (Å²) < 4.78 is 25.2. The Bertz CT molecular complexity index is 594. The topological polar surface area (TPSA) is 66.5 Å². The van der Waals surface area contributed by atoms with Crippen molar-refractivity contribution in [1.29, 1.82) is 0 Å². The lowest BCUT2D eigenvalue weighted by molar-refractivity contribution is -0.122. The molecule has 20 heavy (non-hydrogen) atoms. The highest BCUT2D eigenvalue weighted by molar-refractivity contribution is 7.92. The van der Waals surface area contributed by atoms with Gasteiger partial charge in [0.2, 0.25) is 15.9 Å². The smallest absolute Gasteiger partial charge is 0.232 e. The first-order chi connectivity index (χ1) is 9.39. The summed E-state index contributed by atoms with van der Waals surface area (Å²) in [5.41, 5.74) is 1.56. The summed E-state index contributed by atoms with van der Waals surface area (Å²) in [7, 11) is -3.36. The van der Waals surface area contributed by atoms with Crippen LogP contribution in [-0.4, -0.2) is 33.7 Å². The minimum Gasteiger partial charge on any atom is -0.354 e. The van der Waals surface area contributed by atoms with Crippen LogP contribution in [0.15, 0.2) is 24.3 Å². The molecule has 1 fully saturated rings. The predicted octanol–water partition coefficient (Wildman–Crippen LogP) is 1.29. The Hall–Kier alpha value is -1.56. The lowest BCUT2D eigenvalue weighted by atomic mass is 10.2. The summed E-state index contributed by atoms with van der Waals surface area (Å²) in [6.07, 6.45) is 3.07. The number of carbonyl (C=O) groups excluding carboxylic acids is 1. The maximum Gasteiger partial charge on any atom is 0.232 e. The Morgan fingerprint density at radius 2 is 2.00 bits per heavy atom. The van der Waals surface area contributed by atoms with Crippen LogP contribution in [0.4, 0.5) is 5.69 Å². The minimum absolute atomic E-state index is 0.0308. The molecule has 1 aliphatic rings. The van der Waals surface area contributed by atoms with Gasteiger partial charge in [0.1, 0.15) is 0 Å². The lowest BCUT2D eigenvalue weighted by Crippen LogP contribution is -2.38. The molecule has 1 saturated carbocycles. The van der Waals surface area contributed by atoms with E-state index >= 15 is 0 Å². The first-order valence-electron chi connectivity index (χ1n) is 6.70. The number of benzene rings is 1. The van der Waals surface area contributed by atoms with Crippen molar-refractivity contribution in [2.24, 2.45) is 5.92 Å². The van der Waals surface area contributed by atoms with Crippen LogP contribution in [0.1, 0.15) is 18.4 Å². The van der Waals surface area contributed by atoms with E-state index in [2.05, 4.69) is 5.32 Å². The summed E-state index contributed by atoms with van der Waals surface area (Å²) in [6.45, 7) is 2.45. The van der Waals surface area contributed by atoms with E-state index in [4.69, 9.17) is 0 Å². The molecule has 2 rings (SSSR count). The number of hydrogen-bond donors (Lipinski definition) is 1. The van der Waals surface area contributed by atoms with Crippen molar-refractivity contribution < 1.29 is 13.2 Å². The average Bonchev–Trinajstić information content (AvgIpc) is 3.18. The number of nitrogens with zero attached hydrogens (tertiary/aromatic N) is 1. The molecule has 0 spiro atoms. The fraction of sp³-hybridized carbons (Fsp3) is 0.500. The molecule has 1 N–H and O–H groups in total. The first-order valence-corrected chi connectivity index (χ1v) is 8.55. The molecule has 0 aromatic heterocycles. The van der Waals surface area contributed by atoms with Gasteiger partial charge in [-0.2, -0.15) is 0 Å². The molecule has 6 heteroatoms. The van der Waals surface area contributed by atoms with E-state index < -0.39 is 10.0 Å². The molecule has 0 radical (unpaired) electrons. The van der Waals surface area contributed by atoms with Crippen molar-refractivity contribution in [3.8, 4) is 0 Å². The van der Waals surface area contributed by atoms with Crippen LogP contribution in [0.3, 0.4) is 0 Å². The van der Waals surface area contributed by atoms with Gasteiger partial charge in [0.15, 0.2) is 0 Å². The van der Waals surface area contributed by atoms with Gasteiger partial charge in [-0.05, 0) is 31.4 Å². The molecule has 5 nitrogen and oxygen atoms in total. The summed E-state index contributed by atoms with van der Waals surface area (Å²) in [6, 6.07) is 7.33. The van der Waals surface area contributed by atoms with Gasteiger partial charge < -0.3 is 5.32 Å². The van der Waals surface area contributed by atoms with Gasteiger partial charge in [-0.25, -0.2) is 8.42 Å². The number of aryl methyl sites for hydroxylation is 1. The average molecular weight is 296 g/mol. The molecule has 0 heterocycles. The number of amides is 1. The molecule has 0 unspecified atom stereocenters. The summed E-state index contributed by atoms with van der Waals surface area (Å²) in [5.74, 6) is 0.170. The van der Waals surface area contributed by atoms with Crippen LogP contribution >= 0.6 is 0 Å². The number of carbonyl (C=O) groups is 1. The third kappa shape index (κ3) is 3.72. The maximum atomic E-state index is 11.9. The van der Waals surface area contributed by atoms with Gasteiger partial charge in [0.25, 0.3) is 0 Å². The van der Waals surface area contributed by atoms with Crippen molar-refractivity contribution in [3.63, 3.8) is 0 Å².